The first kappa shape index (κ1) is 13.3. The molecule has 2 amide bonds. The van der Waals surface area contributed by atoms with Crippen molar-refractivity contribution in [3.63, 3.8) is 0 Å². The van der Waals surface area contributed by atoms with Gasteiger partial charge in [0, 0.05) is 17.6 Å². The first-order valence-corrected chi connectivity index (χ1v) is 6.76. The molecule has 1 N–H and O–H groups in total. The molecule has 0 spiro atoms. The lowest BCUT2D eigenvalue weighted by atomic mass is 10.2. The van der Waals surface area contributed by atoms with Gasteiger partial charge in [-0.25, -0.2) is 4.90 Å². The maximum absolute atomic E-state index is 12.4. The van der Waals surface area contributed by atoms with Gasteiger partial charge in [0.25, 0.3) is 5.91 Å². The minimum atomic E-state index is -0.528. The summed E-state index contributed by atoms with van der Waals surface area (Å²) in [7, 11) is 0. The van der Waals surface area contributed by atoms with Crippen LogP contribution >= 0.6 is 0 Å². The van der Waals surface area contributed by atoms with Crippen molar-refractivity contribution in [1.82, 2.24) is 4.98 Å². The van der Waals surface area contributed by atoms with Gasteiger partial charge in [-0.15, -0.1) is 0 Å². The summed E-state index contributed by atoms with van der Waals surface area (Å²) in [4.78, 5) is 29.9. The number of pyridine rings is 1. The fraction of sp³-hybridized carbons (Fsp3) is 0.188. The Hall–Kier alpha value is -2.69. The Bertz CT molecular complexity index is 685. The number of carbonyl (C=O) groups is 2. The standard InChI is InChI=1S/C16H15N3O2/c1-11-9-12(7-8-17-11)18-14-10-15(20)19(16(14)21)13-5-3-2-4-6-13/h2-9,14H,10H2,1H3,(H,17,18). The van der Waals surface area contributed by atoms with Crippen LogP contribution < -0.4 is 10.2 Å². The summed E-state index contributed by atoms with van der Waals surface area (Å²) in [6.07, 6.45) is 1.84. The van der Waals surface area contributed by atoms with Gasteiger partial charge in [0.15, 0.2) is 0 Å². The van der Waals surface area contributed by atoms with Gasteiger partial charge >= 0.3 is 0 Å². The average molecular weight is 281 g/mol. The largest absolute Gasteiger partial charge is 0.373 e. The maximum Gasteiger partial charge on any atom is 0.256 e. The molecule has 0 bridgehead atoms. The van der Waals surface area contributed by atoms with Gasteiger partial charge < -0.3 is 5.32 Å². The van der Waals surface area contributed by atoms with Crippen LogP contribution in [0.1, 0.15) is 12.1 Å². The fourth-order valence-corrected chi connectivity index (χ4v) is 2.43. The quantitative estimate of drug-likeness (QED) is 0.875. The van der Waals surface area contributed by atoms with Crippen molar-refractivity contribution in [2.24, 2.45) is 0 Å². The topological polar surface area (TPSA) is 62.3 Å². The van der Waals surface area contributed by atoms with Crippen LogP contribution in [0.25, 0.3) is 0 Å². The first-order valence-electron chi connectivity index (χ1n) is 6.76. The summed E-state index contributed by atoms with van der Waals surface area (Å²) < 4.78 is 0. The number of hydrogen-bond acceptors (Lipinski definition) is 4. The highest BCUT2D eigenvalue weighted by Crippen LogP contribution is 2.24. The lowest BCUT2D eigenvalue weighted by molar-refractivity contribution is -0.121. The molecule has 0 radical (unpaired) electrons. The third-order valence-corrected chi connectivity index (χ3v) is 3.40. The molecule has 106 valence electrons. The molecule has 1 unspecified atom stereocenters. The van der Waals surface area contributed by atoms with E-state index in [1.165, 1.54) is 4.90 Å². The Morgan fingerprint density at radius 2 is 1.95 bits per heavy atom. The molecule has 0 saturated carbocycles. The van der Waals surface area contributed by atoms with E-state index in [0.717, 1.165) is 11.4 Å². The summed E-state index contributed by atoms with van der Waals surface area (Å²) in [6, 6.07) is 12.1. The number of hydrogen-bond donors (Lipinski definition) is 1. The molecule has 3 rings (SSSR count). The van der Waals surface area contributed by atoms with Crippen LogP contribution in [-0.4, -0.2) is 22.8 Å². The Morgan fingerprint density at radius 3 is 2.67 bits per heavy atom. The Labute approximate surface area is 122 Å². The lowest BCUT2D eigenvalue weighted by Gasteiger charge is -2.16. The van der Waals surface area contributed by atoms with E-state index in [0.29, 0.717) is 5.69 Å². The summed E-state index contributed by atoms with van der Waals surface area (Å²) in [5, 5.41) is 3.11. The molecule has 1 aromatic carbocycles. The number of nitrogens with zero attached hydrogens (tertiary/aromatic N) is 2. The normalized spacial score (nSPS) is 18.1. The van der Waals surface area contributed by atoms with Gasteiger partial charge in [0.2, 0.25) is 5.91 Å². The van der Waals surface area contributed by atoms with Gasteiger partial charge in [0.05, 0.1) is 12.1 Å². The van der Waals surface area contributed by atoms with E-state index >= 15 is 0 Å². The van der Waals surface area contributed by atoms with Crippen molar-refractivity contribution in [2.75, 3.05) is 10.2 Å². The maximum atomic E-state index is 12.4. The minimum Gasteiger partial charge on any atom is -0.373 e. The minimum absolute atomic E-state index is 0.162. The third kappa shape index (κ3) is 2.63. The van der Waals surface area contributed by atoms with Crippen molar-refractivity contribution >= 4 is 23.2 Å². The molecule has 1 aliphatic heterocycles. The second-order valence-corrected chi connectivity index (χ2v) is 4.99. The van der Waals surface area contributed by atoms with E-state index in [9.17, 15) is 9.59 Å². The highest BCUT2D eigenvalue weighted by atomic mass is 16.2. The van der Waals surface area contributed by atoms with Crippen molar-refractivity contribution in [2.45, 2.75) is 19.4 Å². The summed E-state index contributed by atoms with van der Waals surface area (Å²) in [5.41, 5.74) is 2.27. The van der Waals surface area contributed by atoms with Crippen molar-refractivity contribution in [1.29, 1.82) is 0 Å². The Morgan fingerprint density at radius 1 is 1.19 bits per heavy atom. The predicted octanol–water partition coefficient (Wildman–Crippen LogP) is 2.13. The van der Waals surface area contributed by atoms with Crippen molar-refractivity contribution in [3.05, 3.63) is 54.4 Å². The lowest BCUT2D eigenvalue weighted by Crippen LogP contribution is -2.34. The average Bonchev–Trinajstić information content (AvgIpc) is 2.74. The predicted molar refractivity (Wildman–Crippen MR) is 79.9 cm³/mol. The summed E-state index contributed by atoms with van der Waals surface area (Å²) >= 11 is 0. The zero-order chi connectivity index (χ0) is 14.8. The van der Waals surface area contributed by atoms with Crippen LogP contribution in [0.15, 0.2) is 48.7 Å². The second-order valence-electron chi connectivity index (χ2n) is 4.99. The third-order valence-electron chi connectivity index (χ3n) is 3.40. The molecule has 1 saturated heterocycles. The molecule has 2 heterocycles. The van der Waals surface area contributed by atoms with E-state index < -0.39 is 6.04 Å². The zero-order valence-electron chi connectivity index (χ0n) is 11.6. The van der Waals surface area contributed by atoms with Crippen LogP contribution in [0.2, 0.25) is 0 Å². The highest BCUT2D eigenvalue weighted by molar-refractivity contribution is 6.23. The molecular formula is C16H15N3O2. The van der Waals surface area contributed by atoms with Crippen LogP contribution in [0.5, 0.6) is 0 Å². The van der Waals surface area contributed by atoms with Crippen LogP contribution in [0.4, 0.5) is 11.4 Å². The van der Waals surface area contributed by atoms with Crippen molar-refractivity contribution < 1.29 is 9.59 Å². The number of nitrogens with one attached hydrogen (secondary N) is 1. The van der Waals surface area contributed by atoms with Gasteiger partial charge in [-0.2, -0.15) is 0 Å². The number of rotatable bonds is 3. The summed E-state index contributed by atoms with van der Waals surface area (Å²) in [5.74, 6) is -0.407. The van der Waals surface area contributed by atoms with Crippen molar-refractivity contribution in [3.8, 4) is 0 Å². The Kier molecular flexibility index (Phi) is 3.39. The van der Waals surface area contributed by atoms with E-state index in [-0.39, 0.29) is 18.2 Å². The number of carbonyl (C=O) groups excluding carboxylic acids is 2. The molecule has 2 aromatic rings. The highest BCUT2D eigenvalue weighted by Gasteiger charge is 2.39. The first-order chi connectivity index (χ1) is 10.1. The molecular weight excluding hydrogens is 266 g/mol. The number of imide groups is 1. The van der Waals surface area contributed by atoms with E-state index in [1.807, 2.05) is 31.2 Å². The molecule has 1 atom stereocenters. The molecule has 1 aliphatic rings. The molecule has 5 heteroatoms. The number of aryl methyl sites for hydroxylation is 1. The van der Waals surface area contributed by atoms with Gasteiger partial charge in [-0.3, -0.25) is 14.6 Å². The van der Waals surface area contributed by atoms with E-state index in [4.69, 9.17) is 0 Å². The van der Waals surface area contributed by atoms with Gasteiger partial charge in [-0.05, 0) is 31.2 Å². The second kappa shape index (κ2) is 5.36. The fourth-order valence-electron chi connectivity index (χ4n) is 2.43. The SMILES string of the molecule is Cc1cc(NC2CC(=O)N(c3ccccc3)C2=O)ccn1. The van der Waals surface area contributed by atoms with Gasteiger partial charge in [-0.1, -0.05) is 18.2 Å². The number of anilines is 2. The van der Waals surface area contributed by atoms with E-state index in [1.54, 1.807) is 24.4 Å². The number of amides is 2. The molecule has 1 fully saturated rings. The number of aromatic nitrogens is 1. The van der Waals surface area contributed by atoms with Gasteiger partial charge in [0.1, 0.15) is 6.04 Å². The summed E-state index contributed by atoms with van der Waals surface area (Å²) in [6.45, 7) is 1.88. The Balaban J connectivity index is 1.81. The smallest absolute Gasteiger partial charge is 0.256 e. The molecule has 0 aliphatic carbocycles. The number of benzene rings is 1. The molecule has 5 nitrogen and oxygen atoms in total. The molecule has 21 heavy (non-hydrogen) atoms. The van der Waals surface area contributed by atoms with Crippen LogP contribution in [-0.2, 0) is 9.59 Å². The number of para-hydroxylation sites is 1. The van der Waals surface area contributed by atoms with Crippen LogP contribution in [0, 0.1) is 6.92 Å². The van der Waals surface area contributed by atoms with E-state index in [2.05, 4.69) is 10.3 Å². The monoisotopic (exact) mass is 281 g/mol. The van der Waals surface area contributed by atoms with Crippen LogP contribution in [0.3, 0.4) is 0 Å². The molecule has 1 aromatic heterocycles. The zero-order valence-corrected chi connectivity index (χ0v) is 11.6.